The fourth-order valence-corrected chi connectivity index (χ4v) is 3.74. The molecule has 0 radical (unpaired) electrons. The van der Waals surface area contributed by atoms with Gasteiger partial charge in [-0.25, -0.2) is 9.10 Å². The first-order chi connectivity index (χ1) is 14.2. The second kappa shape index (κ2) is 11.2. The number of rotatable bonds is 5. The summed E-state index contributed by atoms with van der Waals surface area (Å²) < 4.78 is 14.9. The topological polar surface area (TPSA) is 76.0 Å². The maximum atomic E-state index is 10.7. The van der Waals surface area contributed by atoms with Gasteiger partial charge in [-0.05, 0) is 46.0 Å². The number of ether oxygens (including phenoxy) is 2. The lowest BCUT2D eigenvalue weighted by Crippen LogP contribution is -2.41. The van der Waals surface area contributed by atoms with Gasteiger partial charge in [-0.2, -0.15) is 0 Å². The molecule has 0 spiro atoms. The van der Waals surface area contributed by atoms with Crippen molar-refractivity contribution in [1.82, 2.24) is 18.5 Å². The van der Waals surface area contributed by atoms with Gasteiger partial charge in [0.25, 0.3) is 0 Å². The number of carbonyl (C=O) groups excluding carboxylic acids is 2. The van der Waals surface area contributed by atoms with Crippen molar-refractivity contribution >= 4 is 35.4 Å². The van der Waals surface area contributed by atoms with Crippen LogP contribution in [0.4, 0.5) is 4.79 Å². The molecule has 0 aliphatic carbocycles. The number of hydrogen-bond donors (Lipinski definition) is 1. The van der Waals surface area contributed by atoms with E-state index in [9.17, 15) is 9.59 Å². The Morgan fingerprint density at radius 3 is 2.50 bits per heavy atom. The van der Waals surface area contributed by atoms with E-state index in [2.05, 4.69) is 43.9 Å². The SMILES string of the molecule is CC(C)(C)OC(=O)NCC=O.COc1cccc2c1ccn2SN1CCN(C)CC1. The van der Waals surface area contributed by atoms with Crippen molar-refractivity contribution in [2.75, 3.05) is 46.9 Å². The Hall–Kier alpha value is -2.23. The normalized spacial score (nSPS) is 15.2. The van der Waals surface area contributed by atoms with Gasteiger partial charge in [0, 0.05) is 49.9 Å². The number of carbonyl (C=O) groups is 2. The Balaban J connectivity index is 0.000000252. The molecule has 1 fully saturated rings. The molecule has 2 heterocycles. The standard InChI is InChI=1S/C14H19N3OS.C7H13NO3/c1-15-8-10-16(11-9-15)19-17-7-6-12-13(17)4-3-5-14(12)18-2;1-7(2,3)11-6(10)8-4-5-9/h3-7H,8-11H2,1-2H3;5H,4H2,1-3H3,(H,8,10). The predicted octanol–water partition coefficient (Wildman–Crippen LogP) is 3.02. The average Bonchev–Trinajstić information content (AvgIpc) is 3.10. The lowest BCUT2D eigenvalue weighted by molar-refractivity contribution is -0.107. The number of aldehydes is 1. The van der Waals surface area contributed by atoms with Crippen LogP contribution < -0.4 is 10.1 Å². The van der Waals surface area contributed by atoms with E-state index in [1.54, 1.807) is 40.0 Å². The van der Waals surface area contributed by atoms with E-state index in [0.29, 0.717) is 6.29 Å². The number of likely N-dealkylation sites (N-methyl/N-ethyl adjacent to an activating group) is 1. The minimum absolute atomic E-state index is 0.00505. The Labute approximate surface area is 182 Å². The van der Waals surface area contributed by atoms with Gasteiger partial charge < -0.3 is 24.5 Å². The van der Waals surface area contributed by atoms with Crippen LogP contribution in [-0.4, -0.2) is 78.0 Å². The molecule has 3 rings (SSSR count). The lowest BCUT2D eigenvalue weighted by Gasteiger charge is -2.31. The summed E-state index contributed by atoms with van der Waals surface area (Å²) in [6, 6.07) is 8.31. The van der Waals surface area contributed by atoms with E-state index in [-0.39, 0.29) is 6.54 Å². The van der Waals surface area contributed by atoms with Crippen LogP contribution in [0.15, 0.2) is 30.5 Å². The molecule has 1 amide bonds. The fraction of sp³-hybridized carbons (Fsp3) is 0.524. The molecule has 1 aromatic heterocycles. The summed E-state index contributed by atoms with van der Waals surface area (Å²) >= 11 is 1.79. The third kappa shape index (κ3) is 7.55. The number of methoxy groups -OCH3 is 1. The molecule has 30 heavy (non-hydrogen) atoms. The van der Waals surface area contributed by atoms with Crippen LogP contribution in [0.3, 0.4) is 0 Å². The summed E-state index contributed by atoms with van der Waals surface area (Å²) in [6.07, 6.45) is 2.16. The Morgan fingerprint density at radius 1 is 1.20 bits per heavy atom. The van der Waals surface area contributed by atoms with Crippen molar-refractivity contribution in [3.8, 4) is 5.75 Å². The molecule has 0 bridgehead atoms. The average molecular weight is 437 g/mol. The molecule has 2 aromatic rings. The maximum absolute atomic E-state index is 10.7. The molecule has 1 aliphatic heterocycles. The summed E-state index contributed by atoms with van der Waals surface area (Å²) in [5.74, 6) is 0.940. The first-order valence-corrected chi connectivity index (χ1v) is 10.6. The minimum atomic E-state index is -0.565. The zero-order valence-electron chi connectivity index (χ0n) is 18.4. The first kappa shape index (κ1) is 24.0. The largest absolute Gasteiger partial charge is 0.496 e. The molecular formula is C21H32N4O4S. The van der Waals surface area contributed by atoms with Gasteiger partial charge >= 0.3 is 6.09 Å². The predicted molar refractivity (Wildman–Crippen MR) is 121 cm³/mol. The quantitative estimate of drug-likeness (QED) is 0.570. The fourth-order valence-electron chi connectivity index (χ4n) is 2.80. The third-order valence-electron chi connectivity index (χ3n) is 4.27. The Bertz CT molecular complexity index is 826. The van der Waals surface area contributed by atoms with Gasteiger partial charge in [0.15, 0.2) is 0 Å². The highest BCUT2D eigenvalue weighted by molar-refractivity contribution is 7.95. The van der Waals surface area contributed by atoms with E-state index in [4.69, 9.17) is 9.47 Å². The van der Waals surface area contributed by atoms with Crippen molar-refractivity contribution in [3.05, 3.63) is 30.5 Å². The van der Waals surface area contributed by atoms with Crippen LogP contribution in [0.1, 0.15) is 20.8 Å². The van der Waals surface area contributed by atoms with Crippen molar-refractivity contribution in [2.24, 2.45) is 0 Å². The number of piperazine rings is 1. The molecular weight excluding hydrogens is 404 g/mol. The number of hydrogen-bond acceptors (Lipinski definition) is 7. The highest BCUT2D eigenvalue weighted by atomic mass is 32.2. The molecule has 8 nitrogen and oxygen atoms in total. The highest BCUT2D eigenvalue weighted by Crippen LogP contribution is 2.30. The molecule has 1 aliphatic rings. The molecule has 1 aromatic carbocycles. The second-order valence-corrected chi connectivity index (χ2v) is 8.97. The molecule has 166 valence electrons. The van der Waals surface area contributed by atoms with Gasteiger partial charge in [0.1, 0.15) is 17.6 Å². The minimum Gasteiger partial charge on any atom is -0.496 e. The summed E-state index contributed by atoms with van der Waals surface area (Å²) in [5.41, 5.74) is 0.704. The highest BCUT2D eigenvalue weighted by Gasteiger charge is 2.16. The van der Waals surface area contributed by atoms with E-state index in [1.807, 2.05) is 12.1 Å². The monoisotopic (exact) mass is 436 g/mol. The van der Waals surface area contributed by atoms with Gasteiger partial charge in [-0.3, -0.25) is 3.97 Å². The van der Waals surface area contributed by atoms with E-state index in [0.717, 1.165) is 31.9 Å². The van der Waals surface area contributed by atoms with Gasteiger partial charge in [-0.15, -0.1) is 0 Å². The molecule has 1 N–H and O–H groups in total. The van der Waals surface area contributed by atoms with Crippen molar-refractivity contribution in [3.63, 3.8) is 0 Å². The smallest absolute Gasteiger partial charge is 0.408 e. The molecule has 0 unspecified atom stereocenters. The van der Waals surface area contributed by atoms with Crippen LogP contribution in [0.2, 0.25) is 0 Å². The van der Waals surface area contributed by atoms with Crippen LogP contribution in [0.25, 0.3) is 10.9 Å². The van der Waals surface area contributed by atoms with E-state index >= 15 is 0 Å². The number of aromatic nitrogens is 1. The van der Waals surface area contributed by atoms with Crippen molar-refractivity contribution < 1.29 is 19.1 Å². The van der Waals surface area contributed by atoms with Crippen LogP contribution in [-0.2, 0) is 9.53 Å². The summed E-state index contributed by atoms with van der Waals surface area (Å²) in [5, 5.41) is 3.43. The molecule has 1 saturated heterocycles. The number of benzene rings is 1. The molecule has 9 heteroatoms. The number of amides is 1. The van der Waals surface area contributed by atoms with Gasteiger partial charge in [0.05, 0.1) is 19.2 Å². The van der Waals surface area contributed by atoms with Crippen LogP contribution >= 0.6 is 12.1 Å². The van der Waals surface area contributed by atoms with Gasteiger partial charge in [-0.1, -0.05) is 6.07 Å². The second-order valence-electron chi connectivity index (χ2n) is 7.90. The zero-order chi connectivity index (χ0) is 22.1. The van der Waals surface area contributed by atoms with Crippen LogP contribution in [0.5, 0.6) is 5.75 Å². The summed E-state index contributed by atoms with van der Waals surface area (Å²) in [4.78, 5) is 22.9. The Kier molecular flexibility index (Phi) is 9.01. The number of nitrogens with one attached hydrogen (secondary N) is 1. The van der Waals surface area contributed by atoms with Gasteiger partial charge in [0.2, 0.25) is 0 Å². The van der Waals surface area contributed by atoms with Crippen molar-refractivity contribution in [1.29, 1.82) is 0 Å². The van der Waals surface area contributed by atoms with Crippen molar-refractivity contribution in [2.45, 2.75) is 26.4 Å². The third-order valence-corrected chi connectivity index (χ3v) is 5.36. The summed E-state index contributed by atoms with van der Waals surface area (Å²) in [7, 11) is 3.90. The summed E-state index contributed by atoms with van der Waals surface area (Å²) in [6.45, 7) is 9.74. The zero-order valence-corrected chi connectivity index (χ0v) is 19.2. The Morgan fingerprint density at radius 2 is 1.90 bits per heavy atom. The number of fused-ring (bicyclic) bond motifs is 1. The number of nitrogens with zero attached hydrogens (tertiary/aromatic N) is 3. The van der Waals surface area contributed by atoms with E-state index < -0.39 is 11.7 Å². The lowest BCUT2D eigenvalue weighted by atomic mass is 10.2. The molecule has 0 atom stereocenters. The molecule has 0 saturated carbocycles. The first-order valence-electron chi connectivity index (χ1n) is 9.90. The number of alkyl carbamates (subject to hydrolysis) is 1. The van der Waals surface area contributed by atoms with E-state index in [1.165, 1.54) is 10.9 Å². The maximum Gasteiger partial charge on any atom is 0.408 e. The van der Waals surface area contributed by atoms with Crippen LogP contribution in [0, 0.1) is 0 Å².